The molecule has 0 aliphatic heterocycles. The molecule has 1 aromatic heterocycles. The minimum Gasteiger partial charge on any atom is -0.166 e. The molecular weight excluding hydrogens is 305 g/mol. The summed E-state index contributed by atoms with van der Waals surface area (Å²) in [5.74, 6) is 0.396. The molecule has 2 aromatic carbocycles. The molecule has 3 rings (SSSR count). The smallest absolute Gasteiger partial charge is 0.166 e. The molecule has 0 unspecified atom stereocenters. The Morgan fingerprint density at radius 3 is 2.43 bits per heavy atom. The number of alkyl halides is 3. The van der Waals surface area contributed by atoms with Crippen LogP contribution in [0.3, 0.4) is 0 Å². The maximum atomic E-state index is 13.0. The first-order valence-corrected chi connectivity index (χ1v) is 6.94. The number of halogens is 3. The van der Waals surface area contributed by atoms with Crippen molar-refractivity contribution in [1.82, 2.24) is 20.2 Å². The molecule has 0 radical (unpaired) electrons. The van der Waals surface area contributed by atoms with Crippen LogP contribution >= 0.6 is 0 Å². The molecule has 0 amide bonds. The van der Waals surface area contributed by atoms with Crippen LogP contribution in [0.2, 0.25) is 0 Å². The number of nitrogens with zero attached hydrogens (tertiary/aromatic N) is 4. The standard InChI is InChI=1S/C16H13F3N4/c1-11-6-2-4-8-13(11)15-20-22-23(21-15)10-12-7-3-5-9-14(12)16(17,18)19/h2-9H,10H2,1H3. The van der Waals surface area contributed by atoms with E-state index in [2.05, 4.69) is 15.4 Å². The van der Waals surface area contributed by atoms with Crippen LogP contribution in [0.15, 0.2) is 48.5 Å². The van der Waals surface area contributed by atoms with Crippen molar-refractivity contribution in [1.29, 1.82) is 0 Å². The van der Waals surface area contributed by atoms with E-state index in [1.165, 1.54) is 16.9 Å². The first-order chi connectivity index (χ1) is 10.9. The van der Waals surface area contributed by atoms with Crippen molar-refractivity contribution in [2.24, 2.45) is 0 Å². The lowest BCUT2D eigenvalue weighted by molar-refractivity contribution is -0.138. The SMILES string of the molecule is Cc1ccccc1-c1nnn(Cc2ccccc2C(F)(F)F)n1. The van der Waals surface area contributed by atoms with E-state index >= 15 is 0 Å². The molecule has 0 saturated heterocycles. The number of aromatic nitrogens is 4. The van der Waals surface area contributed by atoms with Crippen molar-refractivity contribution in [3.05, 3.63) is 65.2 Å². The fourth-order valence-corrected chi connectivity index (χ4v) is 2.33. The minimum atomic E-state index is -4.41. The summed E-state index contributed by atoms with van der Waals surface area (Å²) in [6, 6.07) is 12.9. The van der Waals surface area contributed by atoms with Gasteiger partial charge in [0.2, 0.25) is 5.82 Å². The van der Waals surface area contributed by atoms with Crippen molar-refractivity contribution >= 4 is 0 Å². The van der Waals surface area contributed by atoms with Gasteiger partial charge in [-0.3, -0.25) is 0 Å². The number of tetrazole rings is 1. The molecule has 23 heavy (non-hydrogen) atoms. The van der Waals surface area contributed by atoms with Crippen LogP contribution < -0.4 is 0 Å². The van der Waals surface area contributed by atoms with E-state index in [4.69, 9.17) is 0 Å². The van der Waals surface area contributed by atoms with E-state index in [-0.39, 0.29) is 12.1 Å². The minimum absolute atomic E-state index is 0.0887. The van der Waals surface area contributed by atoms with E-state index in [1.54, 1.807) is 6.07 Å². The number of hydrogen-bond acceptors (Lipinski definition) is 3. The van der Waals surface area contributed by atoms with E-state index in [1.807, 2.05) is 31.2 Å². The van der Waals surface area contributed by atoms with Crippen LogP contribution in [-0.2, 0) is 12.7 Å². The zero-order valence-electron chi connectivity index (χ0n) is 12.2. The third-order valence-electron chi connectivity index (χ3n) is 3.47. The molecule has 0 N–H and O–H groups in total. The lowest BCUT2D eigenvalue weighted by atomic mass is 10.1. The lowest BCUT2D eigenvalue weighted by Gasteiger charge is -2.11. The summed E-state index contributed by atoms with van der Waals surface area (Å²) >= 11 is 0. The van der Waals surface area contributed by atoms with Crippen LogP contribution in [0.5, 0.6) is 0 Å². The molecule has 7 heteroatoms. The molecule has 1 heterocycles. The third kappa shape index (κ3) is 3.23. The summed E-state index contributed by atoms with van der Waals surface area (Å²) in [6.45, 7) is 1.82. The van der Waals surface area contributed by atoms with Crippen molar-refractivity contribution in [2.45, 2.75) is 19.6 Å². The van der Waals surface area contributed by atoms with Gasteiger partial charge in [-0.2, -0.15) is 18.0 Å². The van der Waals surface area contributed by atoms with Gasteiger partial charge in [-0.15, -0.1) is 10.2 Å². The fourth-order valence-electron chi connectivity index (χ4n) is 2.33. The average molecular weight is 318 g/mol. The predicted molar refractivity (Wildman–Crippen MR) is 78.5 cm³/mol. The van der Waals surface area contributed by atoms with Gasteiger partial charge in [0.05, 0.1) is 12.1 Å². The highest BCUT2D eigenvalue weighted by atomic mass is 19.4. The van der Waals surface area contributed by atoms with E-state index in [9.17, 15) is 13.2 Å². The summed E-state index contributed by atoms with van der Waals surface area (Å²) in [4.78, 5) is 1.17. The highest BCUT2D eigenvalue weighted by Gasteiger charge is 2.33. The molecule has 118 valence electrons. The van der Waals surface area contributed by atoms with Crippen LogP contribution in [0, 0.1) is 6.92 Å². The normalized spacial score (nSPS) is 11.7. The molecule has 0 bridgehead atoms. The van der Waals surface area contributed by atoms with Crippen LogP contribution in [0.1, 0.15) is 16.7 Å². The van der Waals surface area contributed by atoms with Gasteiger partial charge in [0.25, 0.3) is 0 Å². The van der Waals surface area contributed by atoms with E-state index in [0.29, 0.717) is 5.82 Å². The topological polar surface area (TPSA) is 43.6 Å². The number of rotatable bonds is 3. The maximum Gasteiger partial charge on any atom is 0.416 e. The Morgan fingerprint density at radius 2 is 1.70 bits per heavy atom. The van der Waals surface area contributed by atoms with Crippen molar-refractivity contribution in [3.63, 3.8) is 0 Å². The van der Waals surface area contributed by atoms with Gasteiger partial charge >= 0.3 is 6.18 Å². The highest BCUT2D eigenvalue weighted by Crippen LogP contribution is 2.32. The summed E-state index contributed by atoms with van der Waals surface area (Å²) in [7, 11) is 0. The number of benzene rings is 2. The van der Waals surface area contributed by atoms with Gasteiger partial charge in [0.1, 0.15) is 0 Å². The molecule has 0 atom stereocenters. The molecule has 3 aromatic rings. The molecule has 4 nitrogen and oxygen atoms in total. The predicted octanol–water partition coefficient (Wildman–Crippen LogP) is 3.72. The Morgan fingerprint density at radius 1 is 1.00 bits per heavy atom. The zero-order valence-corrected chi connectivity index (χ0v) is 12.2. The second-order valence-electron chi connectivity index (χ2n) is 5.11. The molecule has 0 spiro atoms. The maximum absolute atomic E-state index is 13.0. The number of aryl methyl sites for hydroxylation is 1. The second-order valence-corrected chi connectivity index (χ2v) is 5.11. The Bertz CT molecular complexity index is 824. The molecule has 0 aliphatic carbocycles. The number of hydrogen-bond donors (Lipinski definition) is 0. The molecule has 0 aliphatic rings. The third-order valence-corrected chi connectivity index (χ3v) is 3.47. The Labute approximate surface area is 130 Å². The Hall–Kier alpha value is -2.70. The quantitative estimate of drug-likeness (QED) is 0.739. The summed E-state index contributed by atoms with van der Waals surface area (Å²) in [5.41, 5.74) is 1.20. The highest BCUT2D eigenvalue weighted by molar-refractivity contribution is 5.58. The first-order valence-electron chi connectivity index (χ1n) is 6.94. The lowest BCUT2D eigenvalue weighted by Crippen LogP contribution is -2.13. The Balaban J connectivity index is 1.90. The van der Waals surface area contributed by atoms with Crippen molar-refractivity contribution in [2.75, 3.05) is 0 Å². The van der Waals surface area contributed by atoms with Crippen LogP contribution in [0.4, 0.5) is 13.2 Å². The van der Waals surface area contributed by atoms with Gasteiger partial charge in [-0.05, 0) is 29.3 Å². The summed E-state index contributed by atoms with van der Waals surface area (Å²) in [5, 5.41) is 12.0. The van der Waals surface area contributed by atoms with Gasteiger partial charge < -0.3 is 0 Å². The summed E-state index contributed by atoms with van der Waals surface area (Å²) in [6.07, 6.45) is -4.41. The van der Waals surface area contributed by atoms with E-state index in [0.717, 1.165) is 17.2 Å². The average Bonchev–Trinajstić information content (AvgIpc) is 2.95. The van der Waals surface area contributed by atoms with Crippen LogP contribution in [0.25, 0.3) is 11.4 Å². The second kappa shape index (κ2) is 5.83. The van der Waals surface area contributed by atoms with Crippen molar-refractivity contribution < 1.29 is 13.2 Å². The van der Waals surface area contributed by atoms with Gasteiger partial charge in [0, 0.05) is 5.56 Å². The van der Waals surface area contributed by atoms with Crippen LogP contribution in [-0.4, -0.2) is 20.2 Å². The zero-order chi connectivity index (χ0) is 16.4. The molecule has 0 fully saturated rings. The monoisotopic (exact) mass is 318 g/mol. The van der Waals surface area contributed by atoms with E-state index < -0.39 is 11.7 Å². The molecule has 0 saturated carbocycles. The van der Waals surface area contributed by atoms with Gasteiger partial charge in [-0.1, -0.05) is 42.5 Å². The fraction of sp³-hybridized carbons (Fsp3) is 0.188. The first kappa shape index (κ1) is 15.2. The largest absolute Gasteiger partial charge is 0.416 e. The molecular formula is C16H13F3N4. The van der Waals surface area contributed by atoms with Crippen molar-refractivity contribution in [3.8, 4) is 11.4 Å². The van der Waals surface area contributed by atoms with Gasteiger partial charge in [0.15, 0.2) is 0 Å². The summed E-state index contributed by atoms with van der Waals surface area (Å²) < 4.78 is 39.0. The Kier molecular flexibility index (Phi) is 3.85. The van der Waals surface area contributed by atoms with Gasteiger partial charge in [-0.25, -0.2) is 0 Å².